The maximum absolute atomic E-state index is 12.6. The molecule has 1 saturated heterocycles. The number of carbonyl (C=O) groups is 1. The van der Waals surface area contributed by atoms with E-state index in [0.717, 1.165) is 13.0 Å². The summed E-state index contributed by atoms with van der Waals surface area (Å²) in [6.45, 7) is 5.90. The number of nitrogens with two attached hydrogens (primary N) is 1. The Labute approximate surface area is 126 Å². The van der Waals surface area contributed by atoms with Crippen LogP contribution in [-0.4, -0.2) is 43.7 Å². The summed E-state index contributed by atoms with van der Waals surface area (Å²) >= 11 is 0. The van der Waals surface area contributed by atoms with Gasteiger partial charge in [-0.3, -0.25) is 4.79 Å². The molecule has 1 aromatic carbocycles. The number of hydrogen-bond acceptors (Lipinski definition) is 4. The quantitative estimate of drug-likeness (QED) is 0.900. The molecular formula is C16H24N2O3. The summed E-state index contributed by atoms with van der Waals surface area (Å²) in [4.78, 5) is 14.5. The van der Waals surface area contributed by atoms with Crippen LogP contribution in [0.1, 0.15) is 30.6 Å². The molecule has 0 radical (unpaired) electrons. The van der Waals surface area contributed by atoms with Crippen molar-refractivity contribution < 1.29 is 14.3 Å². The van der Waals surface area contributed by atoms with Crippen LogP contribution in [0.15, 0.2) is 18.2 Å². The molecule has 21 heavy (non-hydrogen) atoms. The van der Waals surface area contributed by atoms with Crippen LogP contribution in [0.2, 0.25) is 0 Å². The third-order valence-electron chi connectivity index (χ3n) is 3.97. The number of likely N-dealkylation sites (tertiary alicyclic amines) is 1. The SMILES string of the molecule is CCOc1ccc(C(=O)N2CC(CN)CC2C)cc1OC. The smallest absolute Gasteiger partial charge is 0.254 e. The van der Waals surface area contributed by atoms with Crippen LogP contribution >= 0.6 is 0 Å². The number of nitrogens with zero attached hydrogens (tertiary/aromatic N) is 1. The van der Waals surface area contributed by atoms with Gasteiger partial charge in [0.25, 0.3) is 5.91 Å². The molecule has 116 valence electrons. The summed E-state index contributed by atoms with van der Waals surface area (Å²) in [6, 6.07) is 5.55. The van der Waals surface area contributed by atoms with E-state index in [9.17, 15) is 4.79 Å². The molecule has 2 N–H and O–H groups in total. The molecule has 1 heterocycles. The molecule has 1 aliphatic heterocycles. The number of ether oxygens (including phenoxy) is 2. The van der Waals surface area contributed by atoms with Crippen molar-refractivity contribution in [3.8, 4) is 11.5 Å². The minimum absolute atomic E-state index is 0.0276. The first kappa shape index (κ1) is 15.6. The molecule has 0 aromatic heterocycles. The van der Waals surface area contributed by atoms with Gasteiger partial charge in [-0.1, -0.05) is 0 Å². The van der Waals surface area contributed by atoms with Gasteiger partial charge in [-0.2, -0.15) is 0 Å². The van der Waals surface area contributed by atoms with Gasteiger partial charge in [0.1, 0.15) is 0 Å². The highest BCUT2D eigenvalue weighted by atomic mass is 16.5. The van der Waals surface area contributed by atoms with Gasteiger partial charge in [-0.15, -0.1) is 0 Å². The van der Waals surface area contributed by atoms with Crippen LogP contribution < -0.4 is 15.2 Å². The molecule has 5 heteroatoms. The van der Waals surface area contributed by atoms with E-state index in [1.54, 1.807) is 25.3 Å². The summed E-state index contributed by atoms with van der Waals surface area (Å²) in [5.41, 5.74) is 6.35. The van der Waals surface area contributed by atoms with E-state index in [4.69, 9.17) is 15.2 Å². The van der Waals surface area contributed by atoms with Crippen LogP contribution in [0, 0.1) is 5.92 Å². The van der Waals surface area contributed by atoms with E-state index >= 15 is 0 Å². The Balaban J connectivity index is 2.19. The molecule has 5 nitrogen and oxygen atoms in total. The Morgan fingerprint density at radius 3 is 2.76 bits per heavy atom. The van der Waals surface area contributed by atoms with Crippen molar-refractivity contribution in [3.63, 3.8) is 0 Å². The average Bonchev–Trinajstić information content (AvgIpc) is 2.88. The van der Waals surface area contributed by atoms with E-state index in [1.165, 1.54) is 0 Å². The second-order valence-corrected chi connectivity index (χ2v) is 5.44. The molecule has 0 bridgehead atoms. The highest BCUT2D eigenvalue weighted by molar-refractivity contribution is 5.95. The van der Waals surface area contributed by atoms with Gasteiger partial charge in [-0.05, 0) is 50.9 Å². The minimum Gasteiger partial charge on any atom is -0.493 e. The van der Waals surface area contributed by atoms with Gasteiger partial charge in [0, 0.05) is 18.2 Å². The van der Waals surface area contributed by atoms with Gasteiger partial charge in [0.05, 0.1) is 13.7 Å². The normalized spacial score (nSPS) is 21.4. The largest absolute Gasteiger partial charge is 0.493 e. The first-order valence-corrected chi connectivity index (χ1v) is 7.42. The van der Waals surface area contributed by atoms with E-state index in [1.807, 2.05) is 11.8 Å². The highest BCUT2D eigenvalue weighted by Crippen LogP contribution is 2.30. The molecule has 0 spiro atoms. The molecule has 1 aliphatic rings. The lowest BCUT2D eigenvalue weighted by Gasteiger charge is -2.22. The summed E-state index contributed by atoms with van der Waals surface area (Å²) < 4.78 is 10.8. The van der Waals surface area contributed by atoms with Crippen molar-refractivity contribution in [2.75, 3.05) is 26.8 Å². The van der Waals surface area contributed by atoms with Crippen LogP contribution in [0.5, 0.6) is 11.5 Å². The first-order chi connectivity index (χ1) is 10.1. The zero-order valence-corrected chi connectivity index (χ0v) is 13.0. The zero-order valence-electron chi connectivity index (χ0n) is 13.0. The topological polar surface area (TPSA) is 64.8 Å². The van der Waals surface area contributed by atoms with E-state index in [2.05, 4.69) is 6.92 Å². The summed E-state index contributed by atoms with van der Waals surface area (Å²) in [7, 11) is 1.58. The van der Waals surface area contributed by atoms with Gasteiger partial charge in [-0.25, -0.2) is 0 Å². The van der Waals surface area contributed by atoms with E-state index in [0.29, 0.717) is 36.1 Å². The number of hydrogen-bond donors (Lipinski definition) is 1. The lowest BCUT2D eigenvalue weighted by Crippen LogP contribution is -2.34. The van der Waals surface area contributed by atoms with Gasteiger partial charge in [0.2, 0.25) is 0 Å². The van der Waals surface area contributed by atoms with Gasteiger partial charge in [0.15, 0.2) is 11.5 Å². The van der Waals surface area contributed by atoms with Crippen LogP contribution in [-0.2, 0) is 0 Å². The second kappa shape index (κ2) is 6.80. The Morgan fingerprint density at radius 2 is 2.19 bits per heavy atom. The maximum Gasteiger partial charge on any atom is 0.254 e. The monoisotopic (exact) mass is 292 g/mol. The molecule has 1 amide bonds. The second-order valence-electron chi connectivity index (χ2n) is 5.44. The van der Waals surface area contributed by atoms with E-state index in [-0.39, 0.29) is 11.9 Å². The van der Waals surface area contributed by atoms with Crippen molar-refractivity contribution in [2.24, 2.45) is 11.7 Å². The first-order valence-electron chi connectivity index (χ1n) is 7.42. The molecule has 1 aromatic rings. The van der Waals surface area contributed by atoms with Gasteiger partial charge < -0.3 is 20.1 Å². The Hall–Kier alpha value is -1.75. The number of amides is 1. The highest BCUT2D eigenvalue weighted by Gasteiger charge is 2.32. The standard InChI is InChI=1S/C16H24N2O3/c1-4-21-14-6-5-13(8-15(14)20-3)16(19)18-10-12(9-17)7-11(18)2/h5-6,8,11-12H,4,7,9-10,17H2,1-3H3. The molecular weight excluding hydrogens is 268 g/mol. The molecule has 0 saturated carbocycles. The minimum atomic E-state index is 0.0276. The average molecular weight is 292 g/mol. The molecule has 0 aliphatic carbocycles. The van der Waals surface area contributed by atoms with Crippen LogP contribution in [0.3, 0.4) is 0 Å². The Kier molecular flexibility index (Phi) is 5.07. The van der Waals surface area contributed by atoms with Crippen molar-refractivity contribution in [1.29, 1.82) is 0 Å². The summed E-state index contributed by atoms with van der Waals surface area (Å²) in [5, 5.41) is 0. The maximum atomic E-state index is 12.6. The summed E-state index contributed by atoms with van der Waals surface area (Å²) in [5.74, 6) is 1.67. The van der Waals surface area contributed by atoms with Crippen LogP contribution in [0.4, 0.5) is 0 Å². The zero-order chi connectivity index (χ0) is 15.4. The van der Waals surface area contributed by atoms with Crippen molar-refractivity contribution in [2.45, 2.75) is 26.3 Å². The molecule has 2 rings (SSSR count). The van der Waals surface area contributed by atoms with Crippen molar-refractivity contribution >= 4 is 5.91 Å². The van der Waals surface area contributed by atoms with Crippen molar-refractivity contribution in [3.05, 3.63) is 23.8 Å². The number of benzene rings is 1. The lowest BCUT2D eigenvalue weighted by molar-refractivity contribution is 0.0743. The predicted molar refractivity (Wildman–Crippen MR) is 81.8 cm³/mol. The third kappa shape index (κ3) is 3.29. The third-order valence-corrected chi connectivity index (χ3v) is 3.97. The fourth-order valence-corrected chi connectivity index (χ4v) is 2.84. The number of methoxy groups -OCH3 is 1. The van der Waals surface area contributed by atoms with Gasteiger partial charge >= 0.3 is 0 Å². The fourth-order valence-electron chi connectivity index (χ4n) is 2.84. The van der Waals surface area contributed by atoms with E-state index < -0.39 is 0 Å². The fraction of sp³-hybridized carbons (Fsp3) is 0.562. The number of rotatable bonds is 5. The predicted octanol–water partition coefficient (Wildman–Crippen LogP) is 1.90. The lowest BCUT2D eigenvalue weighted by atomic mass is 10.1. The molecule has 1 fully saturated rings. The van der Waals surface area contributed by atoms with Crippen LogP contribution in [0.25, 0.3) is 0 Å². The molecule has 2 unspecified atom stereocenters. The summed E-state index contributed by atoms with van der Waals surface area (Å²) in [6.07, 6.45) is 0.969. The Bertz CT molecular complexity index is 504. The van der Waals surface area contributed by atoms with Crippen molar-refractivity contribution in [1.82, 2.24) is 4.90 Å². The molecule has 2 atom stereocenters. The Morgan fingerprint density at radius 1 is 1.43 bits per heavy atom. The number of carbonyl (C=O) groups excluding carboxylic acids is 1.